The third-order valence-electron chi connectivity index (χ3n) is 5.52. The second-order valence-electron chi connectivity index (χ2n) is 7.14. The van der Waals surface area contributed by atoms with Gasteiger partial charge in [0.2, 0.25) is 0 Å². The van der Waals surface area contributed by atoms with Crippen LogP contribution in [0.15, 0.2) is 0 Å². The van der Waals surface area contributed by atoms with Crippen molar-refractivity contribution in [3.8, 4) is 0 Å². The molecule has 0 atom stereocenters. The van der Waals surface area contributed by atoms with Crippen molar-refractivity contribution < 1.29 is 4.74 Å². The molecule has 0 aromatic heterocycles. The van der Waals surface area contributed by atoms with Gasteiger partial charge in [-0.05, 0) is 50.6 Å². The minimum Gasteiger partial charge on any atom is -0.381 e. The molecule has 124 valence electrons. The fourth-order valence-corrected chi connectivity index (χ4v) is 4.10. The predicted octanol–water partition coefficient (Wildman–Crippen LogP) is 3.44. The first-order chi connectivity index (χ1) is 10.3. The number of nitrogens with zero attached hydrogens (tertiary/aromatic N) is 1. The van der Waals surface area contributed by atoms with Crippen LogP contribution in [0.3, 0.4) is 0 Å². The summed E-state index contributed by atoms with van der Waals surface area (Å²) in [5, 5.41) is 3.70. The van der Waals surface area contributed by atoms with Crippen LogP contribution in [0.5, 0.6) is 0 Å². The average Bonchev–Trinajstić information content (AvgIpc) is 2.55. The molecular formula is C18H36N2O. The molecule has 0 radical (unpaired) electrons. The monoisotopic (exact) mass is 296 g/mol. The lowest BCUT2D eigenvalue weighted by Gasteiger charge is -2.44. The summed E-state index contributed by atoms with van der Waals surface area (Å²) in [6.07, 6.45) is 10.8. The summed E-state index contributed by atoms with van der Waals surface area (Å²) in [7, 11) is 0. The Morgan fingerprint density at radius 3 is 2.43 bits per heavy atom. The van der Waals surface area contributed by atoms with Gasteiger partial charge in [-0.25, -0.2) is 0 Å². The lowest BCUT2D eigenvalue weighted by molar-refractivity contribution is -0.0140. The van der Waals surface area contributed by atoms with E-state index in [0.29, 0.717) is 5.41 Å². The summed E-state index contributed by atoms with van der Waals surface area (Å²) < 4.78 is 5.65. The molecular weight excluding hydrogens is 260 g/mol. The Labute approximate surface area is 131 Å². The topological polar surface area (TPSA) is 24.5 Å². The van der Waals surface area contributed by atoms with Crippen molar-refractivity contribution >= 4 is 0 Å². The lowest BCUT2D eigenvalue weighted by Crippen LogP contribution is -2.50. The molecule has 1 aliphatic heterocycles. The molecule has 1 heterocycles. The Kier molecular flexibility index (Phi) is 7.48. The molecule has 2 fully saturated rings. The molecule has 3 nitrogen and oxygen atoms in total. The molecule has 0 aromatic carbocycles. The van der Waals surface area contributed by atoms with Crippen molar-refractivity contribution in [1.29, 1.82) is 0 Å². The van der Waals surface area contributed by atoms with Gasteiger partial charge < -0.3 is 15.0 Å². The van der Waals surface area contributed by atoms with Crippen molar-refractivity contribution in [1.82, 2.24) is 10.2 Å². The maximum absolute atomic E-state index is 5.65. The third kappa shape index (κ3) is 5.22. The summed E-state index contributed by atoms with van der Waals surface area (Å²) in [5.41, 5.74) is 0.445. The van der Waals surface area contributed by atoms with Crippen LogP contribution < -0.4 is 5.32 Å². The van der Waals surface area contributed by atoms with Gasteiger partial charge in [0.15, 0.2) is 0 Å². The Morgan fingerprint density at radius 2 is 1.81 bits per heavy atom. The van der Waals surface area contributed by atoms with Crippen LogP contribution in [0.1, 0.15) is 65.2 Å². The van der Waals surface area contributed by atoms with Crippen LogP contribution >= 0.6 is 0 Å². The highest BCUT2D eigenvalue weighted by molar-refractivity contribution is 4.89. The largest absolute Gasteiger partial charge is 0.381 e. The van der Waals surface area contributed by atoms with E-state index in [9.17, 15) is 0 Å². The Balaban J connectivity index is 1.94. The average molecular weight is 296 g/mol. The minimum absolute atomic E-state index is 0.445. The first-order valence-electron chi connectivity index (χ1n) is 9.32. The van der Waals surface area contributed by atoms with Gasteiger partial charge in [0.05, 0.1) is 0 Å². The zero-order chi connectivity index (χ0) is 15.0. The van der Waals surface area contributed by atoms with Crippen LogP contribution in [-0.4, -0.2) is 50.3 Å². The lowest BCUT2D eigenvalue weighted by atomic mass is 9.78. The molecule has 2 rings (SSSR count). The summed E-state index contributed by atoms with van der Waals surface area (Å²) in [4.78, 5) is 2.79. The van der Waals surface area contributed by atoms with E-state index in [0.717, 1.165) is 25.8 Å². The molecule has 1 N–H and O–H groups in total. The van der Waals surface area contributed by atoms with Crippen molar-refractivity contribution in [2.24, 2.45) is 5.41 Å². The summed E-state index contributed by atoms with van der Waals surface area (Å²) in [6.45, 7) is 11.3. The van der Waals surface area contributed by atoms with Crippen LogP contribution in [0.2, 0.25) is 0 Å². The molecule has 1 aliphatic carbocycles. The van der Waals surface area contributed by atoms with Crippen molar-refractivity contribution in [3.63, 3.8) is 0 Å². The highest BCUT2D eigenvalue weighted by atomic mass is 16.5. The molecule has 0 unspecified atom stereocenters. The molecule has 3 heteroatoms. The molecule has 0 aromatic rings. The molecule has 1 saturated heterocycles. The summed E-state index contributed by atoms with van der Waals surface area (Å²) in [5.74, 6) is 0. The first-order valence-corrected chi connectivity index (χ1v) is 9.32. The van der Waals surface area contributed by atoms with Gasteiger partial charge in [-0.1, -0.05) is 33.1 Å². The van der Waals surface area contributed by atoms with Gasteiger partial charge in [0, 0.05) is 32.3 Å². The van der Waals surface area contributed by atoms with E-state index in [1.807, 2.05) is 0 Å². The number of hydrogen-bond acceptors (Lipinski definition) is 3. The predicted molar refractivity (Wildman–Crippen MR) is 89.8 cm³/mol. The normalized spacial score (nSPS) is 23.6. The van der Waals surface area contributed by atoms with Crippen LogP contribution in [0.4, 0.5) is 0 Å². The van der Waals surface area contributed by atoms with E-state index in [1.54, 1.807) is 0 Å². The Bertz CT molecular complexity index is 270. The van der Waals surface area contributed by atoms with Crippen molar-refractivity contribution in [2.45, 2.75) is 71.3 Å². The summed E-state index contributed by atoms with van der Waals surface area (Å²) in [6, 6.07) is 0.842. The van der Waals surface area contributed by atoms with E-state index in [1.165, 1.54) is 71.0 Å². The van der Waals surface area contributed by atoms with Crippen molar-refractivity contribution in [2.75, 3.05) is 39.4 Å². The fourth-order valence-electron chi connectivity index (χ4n) is 4.10. The SMILES string of the molecule is CCCNCC1(CN(CC)C2CCCCC2)CCOCC1. The molecule has 2 aliphatic rings. The van der Waals surface area contributed by atoms with E-state index in [-0.39, 0.29) is 0 Å². The van der Waals surface area contributed by atoms with E-state index < -0.39 is 0 Å². The van der Waals surface area contributed by atoms with Crippen molar-refractivity contribution in [3.05, 3.63) is 0 Å². The maximum atomic E-state index is 5.65. The zero-order valence-electron chi connectivity index (χ0n) is 14.3. The van der Waals surface area contributed by atoms with Crippen LogP contribution in [0, 0.1) is 5.41 Å². The van der Waals surface area contributed by atoms with Gasteiger partial charge in [-0.3, -0.25) is 0 Å². The Hall–Kier alpha value is -0.120. The van der Waals surface area contributed by atoms with Crippen LogP contribution in [-0.2, 0) is 4.74 Å². The molecule has 1 saturated carbocycles. The first kappa shape index (κ1) is 17.2. The van der Waals surface area contributed by atoms with Gasteiger partial charge in [0.1, 0.15) is 0 Å². The fraction of sp³-hybridized carbons (Fsp3) is 1.00. The standard InChI is InChI=1S/C18H36N2O/c1-3-12-19-15-18(10-13-21-14-11-18)16-20(4-2)17-8-6-5-7-9-17/h17,19H,3-16H2,1-2H3. The second-order valence-corrected chi connectivity index (χ2v) is 7.14. The van der Waals surface area contributed by atoms with Gasteiger partial charge in [0.25, 0.3) is 0 Å². The second kappa shape index (κ2) is 9.12. The number of ether oxygens (including phenoxy) is 1. The quantitative estimate of drug-likeness (QED) is 0.694. The van der Waals surface area contributed by atoms with E-state index in [4.69, 9.17) is 4.74 Å². The maximum Gasteiger partial charge on any atom is 0.0472 e. The molecule has 0 amide bonds. The summed E-state index contributed by atoms with van der Waals surface area (Å²) >= 11 is 0. The number of rotatable bonds is 8. The van der Waals surface area contributed by atoms with Crippen LogP contribution in [0.25, 0.3) is 0 Å². The highest BCUT2D eigenvalue weighted by Crippen LogP contribution is 2.33. The van der Waals surface area contributed by atoms with Gasteiger partial charge in [-0.2, -0.15) is 0 Å². The van der Waals surface area contributed by atoms with Gasteiger partial charge >= 0.3 is 0 Å². The van der Waals surface area contributed by atoms with E-state index >= 15 is 0 Å². The smallest absolute Gasteiger partial charge is 0.0472 e. The third-order valence-corrected chi connectivity index (χ3v) is 5.52. The zero-order valence-corrected chi connectivity index (χ0v) is 14.3. The molecule has 0 spiro atoms. The van der Waals surface area contributed by atoms with Gasteiger partial charge in [-0.15, -0.1) is 0 Å². The minimum atomic E-state index is 0.445. The molecule has 0 bridgehead atoms. The molecule has 21 heavy (non-hydrogen) atoms. The van der Waals surface area contributed by atoms with E-state index in [2.05, 4.69) is 24.1 Å². The highest BCUT2D eigenvalue weighted by Gasteiger charge is 2.35. The number of nitrogens with one attached hydrogen (secondary N) is 1. The number of hydrogen-bond donors (Lipinski definition) is 1. The Morgan fingerprint density at radius 1 is 1.10 bits per heavy atom.